The summed E-state index contributed by atoms with van der Waals surface area (Å²) >= 11 is 1.59. The molecular formula is C20H27NO4S. The van der Waals surface area contributed by atoms with Crippen LogP contribution in [0.25, 0.3) is 0 Å². The van der Waals surface area contributed by atoms with E-state index in [9.17, 15) is 9.59 Å². The molecule has 1 aromatic carbocycles. The van der Waals surface area contributed by atoms with Gasteiger partial charge in [0.15, 0.2) is 6.61 Å². The maximum Gasteiger partial charge on any atom is 0.339 e. The normalized spacial score (nSPS) is 16.3. The zero-order chi connectivity index (χ0) is 18.9. The first-order valence-corrected chi connectivity index (χ1v) is 9.92. The van der Waals surface area contributed by atoms with E-state index < -0.39 is 5.97 Å². The molecule has 1 heterocycles. The molecule has 2 rings (SSSR count). The average Bonchev–Trinajstić information content (AvgIpc) is 3.15. The van der Waals surface area contributed by atoms with Gasteiger partial charge in [-0.15, -0.1) is 11.8 Å². The van der Waals surface area contributed by atoms with Crippen LogP contribution in [-0.4, -0.2) is 54.9 Å². The summed E-state index contributed by atoms with van der Waals surface area (Å²) in [5.74, 6) is 0.124. The molecule has 0 radical (unpaired) electrons. The Morgan fingerprint density at radius 1 is 1.38 bits per heavy atom. The maximum absolute atomic E-state index is 12.4. The molecule has 1 aliphatic rings. The van der Waals surface area contributed by atoms with E-state index >= 15 is 0 Å². The molecule has 6 heteroatoms. The lowest BCUT2D eigenvalue weighted by Crippen LogP contribution is -2.35. The minimum absolute atomic E-state index is 0.215. The van der Waals surface area contributed by atoms with Gasteiger partial charge in [0.25, 0.3) is 5.91 Å². The van der Waals surface area contributed by atoms with E-state index in [1.165, 1.54) is 0 Å². The van der Waals surface area contributed by atoms with E-state index in [1.807, 2.05) is 26.0 Å². The molecule has 1 aliphatic heterocycles. The molecule has 1 aromatic rings. The fraction of sp³-hybridized carbons (Fsp3) is 0.500. The molecule has 0 bridgehead atoms. The van der Waals surface area contributed by atoms with E-state index in [0.717, 1.165) is 35.7 Å². The number of likely N-dealkylation sites (N-methyl/N-ethyl adjacent to an activating group) is 1. The van der Waals surface area contributed by atoms with Gasteiger partial charge in [0.05, 0.1) is 11.7 Å². The second-order valence-corrected chi connectivity index (χ2v) is 7.45. The molecule has 1 fully saturated rings. The number of nitrogens with zero attached hydrogens (tertiary/aromatic N) is 1. The van der Waals surface area contributed by atoms with E-state index in [4.69, 9.17) is 9.47 Å². The number of rotatable bonds is 9. The van der Waals surface area contributed by atoms with Gasteiger partial charge in [-0.25, -0.2) is 4.79 Å². The minimum atomic E-state index is -0.472. The molecular weight excluding hydrogens is 350 g/mol. The number of carbonyl (C=O) groups is 2. The standard InChI is InChI=1S/C20H27NO4S/c1-4-21(12-15(2)3)19(22)13-25-20(23)17-9-5-6-10-18(17)26-14-16-8-7-11-24-16/h5-6,9-10,16H,2,4,7-8,11-14H2,1,3H3. The summed E-state index contributed by atoms with van der Waals surface area (Å²) < 4.78 is 10.9. The lowest BCUT2D eigenvalue weighted by Gasteiger charge is -2.20. The third-order valence-electron chi connectivity index (χ3n) is 4.08. The molecule has 1 saturated heterocycles. The summed E-state index contributed by atoms with van der Waals surface area (Å²) in [6.45, 7) is 9.15. The number of hydrogen-bond acceptors (Lipinski definition) is 5. The number of carbonyl (C=O) groups excluding carboxylic acids is 2. The predicted octanol–water partition coefficient (Wildman–Crippen LogP) is 3.54. The first-order chi connectivity index (χ1) is 12.5. The lowest BCUT2D eigenvalue weighted by atomic mass is 10.2. The fourth-order valence-corrected chi connectivity index (χ4v) is 3.83. The zero-order valence-electron chi connectivity index (χ0n) is 15.5. The van der Waals surface area contributed by atoms with Gasteiger partial charge in [0.1, 0.15) is 0 Å². The fourth-order valence-electron chi connectivity index (χ4n) is 2.72. The van der Waals surface area contributed by atoms with Crippen LogP contribution >= 0.6 is 11.8 Å². The summed E-state index contributed by atoms with van der Waals surface area (Å²) in [6, 6.07) is 7.33. The Kier molecular flexibility index (Phi) is 8.19. The second-order valence-electron chi connectivity index (χ2n) is 6.38. The lowest BCUT2D eigenvalue weighted by molar-refractivity contribution is -0.133. The second kappa shape index (κ2) is 10.4. The van der Waals surface area contributed by atoms with Crippen LogP contribution in [0.4, 0.5) is 0 Å². The molecule has 0 N–H and O–H groups in total. The van der Waals surface area contributed by atoms with Gasteiger partial charge < -0.3 is 14.4 Å². The maximum atomic E-state index is 12.4. The molecule has 0 saturated carbocycles. The van der Waals surface area contributed by atoms with Crippen molar-refractivity contribution >= 4 is 23.6 Å². The predicted molar refractivity (Wildman–Crippen MR) is 103 cm³/mol. The highest BCUT2D eigenvalue weighted by Gasteiger charge is 2.20. The Morgan fingerprint density at radius 2 is 2.15 bits per heavy atom. The summed E-state index contributed by atoms with van der Waals surface area (Å²) in [5.41, 5.74) is 1.38. The molecule has 0 aromatic heterocycles. The monoisotopic (exact) mass is 377 g/mol. The van der Waals surface area contributed by atoms with Crippen LogP contribution in [0.3, 0.4) is 0 Å². The topological polar surface area (TPSA) is 55.8 Å². The van der Waals surface area contributed by atoms with Crippen molar-refractivity contribution in [3.05, 3.63) is 42.0 Å². The molecule has 5 nitrogen and oxygen atoms in total. The highest BCUT2D eigenvalue weighted by atomic mass is 32.2. The average molecular weight is 378 g/mol. The van der Waals surface area contributed by atoms with Crippen LogP contribution in [0.1, 0.15) is 37.0 Å². The Balaban J connectivity index is 1.92. The van der Waals surface area contributed by atoms with Crippen LogP contribution < -0.4 is 0 Å². The van der Waals surface area contributed by atoms with Crippen molar-refractivity contribution in [3.8, 4) is 0 Å². The number of amides is 1. The Bertz CT molecular complexity index is 640. The van der Waals surface area contributed by atoms with Gasteiger partial charge in [-0.3, -0.25) is 4.79 Å². The van der Waals surface area contributed by atoms with Crippen LogP contribution in [-0.2, 0) is 14.3 Å². The smallest absolute Gasteiger partial charge is 0.339 e. The molecule has 1 unspecified atom stereocenters. The largest absolute Gasteiger partial charge is 0.452 e. The number of ether oxygens (including phenoxy) is 2. The quantitative estimate of drug-likeness (QED) is 0.374. The highest BCUT2D eigenvalue weighted by molar-refractivity contribution is 7.99. The number of hydrogen-bond donors (Lipinski definition) is 0. The van der Waals surface area contributed by atoms with Crippen molar-refractivity contribution in [2.45, 2.75) is 37.7 Å². The first kappa shape index (κ1) is 20.5. The van der Waals surface area contributed by atoms with Crippen molar-refractivity contribution in [1.82, 2.24) is 4.90 Å². The Hall–Kier alpha value is -1.79. The first-order valence-electron chi connectivity index (χ1n) is 8.94. The Labute approximate surface area is 159 Å². The van der Waals surface area contributed by atoms with Gasteiger partial charge in [-0.2, -0.15) is 0 Å². The number of thioether (sulfide) groups is 1. The van der Waals surface area contributed by atoms with Crippen molar-refractivity contribution in [2.75, 3.05) is 32.1 Å². The van der Waals surface area contributed by atoms with Crippen LogP contribution in [0, 0.1) is 0 Å². The molecule has 0 spiro atoms. The van der Waals surface area contributed by atoms with E-state index in [-0.39, 0.29) is 18.6 Å². The SMILES string of the molecule is C=C(C)CN(CC)C(=O)COC(=O)c1ccccc1SCC1CCCO1. The van der Waals surface area contributed by atoms with E-state index in [1.54, 1.807) is 28.8 Å². The highest BCUT2D eigenvalue weighted by Crippen LogP contribution is 2.27. The van der Waals surface area contributed by atoms with E-state index in [2.05, 4.69) is 6.58 Å². The summed E-state index contributed by atoms with van der Waals surface area (Å²) in [6.07, 6.45) is 2.39. The zero-order valence-corrected chi connectivity index (χ0v) is 16.3. The van der Waals surface area contributed by atoms with Crippen LogP contribution in [0.5, 0.6) is 0 Å². The van der Waals surface area contributed by atoms with Gasteiger partial charge >= 0.3 is 5.97 Å². The number of esters is 1. The third-order valence-corrected chi connectivity index (χ3v) is 5.28. The van der Waals surface area contributed by atoms with Gasteiger partial charge in [0.2, 0.25) is 0 Å². The Morgan fingerprint density at radius 3 is 2.81 bits per heavy atom. The molecule has 1 amide bonds. The number of benzene rings is 1. The van der Waals surface area contributed by atoms with Gasteiger partial charge in [-0.1, -0.05) is 24.3 Å². The summed E-state index contributed by atoms with van der Waals surface area (Å²) in [7, 11) is 0. The molecule has 142 valence electrons. The molecule has 26 heavy (non-hydrogen) atoms. The molecule has 1 atom stereocenters. The minimum Gasteiger partial charge on any atom is -0.452 e. The molecule has 0 aliphatic carbocycles. The van der Waals surface area contributed by atoms with Gasteiger partial charge in [0, 0.05) is 30.3 Å². The van der Waals surface area contributed by atoms with E-state index in [0.29, 0.717) is 18.7 Å². The summed E-state index contributed by atoms with van der Waals surface area (Å²) in [5, 5.41) is 0. The van der Waals surface area contributed by atoms with Crippen molar-refractivity contribution in [3.63, 3.8) is 0 Å². The van der Waals surface area contributed by atoms with Crippen molar-refractivity contribution in [2.24, 2.45) is 0 Å². The van der Waals surface area contributed by atoms with Crippen LogP contribution in [0.2, 0.25) is 0 Å². The van der Waals surface area contributed by atoms with Crippen molar-refractivity contribution in [1.29, 1.82) is 0 Å². The van der Waals surface area contributed by atoms with Gasteiger partial charge in [-0.05, 0) is 38.8 Å². The van der Waals surface area contributed by atoms with Crippen molar-refractivity contribution < 1.29 is 19.1 Å². The summed E-state index contributed by atoms with van der Waals surface area (Å²) in [4.78, 5) is 27.1. The third kappa shape index (κ3) is 6.18. The van der Waals surface area contributed by atoms with Crippen LogP contribution in [0.15, 0.2) is 41.3 Å².